The second-order valence-corrected chi connectivity index (χ2v) is 7.47. The summed E-state index contributed by atoms with van der Waals surface area (Å²) in [5.74, 6) is -1.64. The SMILES string of the molecule is COC(=O)c1cc(F)ccc1S(=O)(=O)N(CCN)CCc1ccccc1.Cl. The van der Waals surface area contributed by atoms with Gasteiger partial charge in [0.05, 0.1) is 17.6 Å². The number of carbonyl (C=O) groups is 1. The van der Waals surface area contributed by atoms with E-state index in [1.165, 1.54) is 4.31 Å². The number of sulfonamides is 1. The lowest BCUT2D eigenvalue weighted by molar-refractivity contribution is 0.0595. The van der Waals surface area contributed by atoms with Gasteiger partial charge in [-0.2, -0.15) is 4.31 Å². The fraction of sp³-hybridized carbons (Fsp3) is 0.278. The highest BCUT2D eigenvalue weighted by Crippen LogP contribution is 2.22. The van der Waals surface area contributed by atoms with Crippen LogP contribution in [-0.2, 0) is 21.2 Å². The number of hydrogen-bond acceptors (Lipinski definition) is 5. The van der Waals surface area contributed by atoms with Crippen LogP contribution < -0.4 is 5.73 Å². The van der Waals surface area contributed by atoms with Crippen LogP contribution in [0.25, 0.3) is 0 Å². The summed E-state index contributed by atoms with van der Waals surface area (Å²) in [5.41, 5.74) is 6.19. The van der Waals surface area contributed by atoms with Crippen molar-refractivity contribution in [3.8, 4) is 0 Å². The van der Waals surface area contributed by atoms with Crippen LogP contribution >= 0.6 is 12.4 Å². The summed E-state index contributed by atoms with van der Waals surface area (Å²) >= 11 is 0. The number of methoxy groups -OCH3 is 1. The standard InChI is InChI=1S/C18H21FN2O4S.ClH/c1-25-18(22)16-13-15(19)7-8-17(16)26(23,24)21(12-10-20)11-9-14-5-3-2-4-6-14;/h2-8,13H,9-12,20H2,1H3;1H. The van der Waals surface area contributed by atoms with Gasteiger partial charge in [0, 0.05) is 19.6 Å². The summed E-state index contributed by atoms with van der Waals surface area (Å²) in [4.78, 5) is 11.6. The molecular formula is C18H22ClFN2O4S. The summed E-state index contributed by atoms with van der Waals surface area (Å²) in [6.45, 7) is 0.372. The van der Waals surface area contributed by atoms with Gasteiger partial charge in [-0.05, 0) is 30.2 Å². The number of carbonyl (C=O) groups excluding carboxylic acids is 1. The Morgan fingerprint density at radius 2 is 1.81 bits per heavy atom. The number of nitrogens with zero attached hydrogens (tertiary/aromatic N) is 1. The quantitative estimate of drug-likeness (QED) is 0.666. The van der Waals surface area contributed by atoms with Crippen LogP contribution in [0.4, 0.5) is 4.39 Å². The fourth-order valence-corrected chi connectivity index (χ4v) is 4.15. The van der Waals surface area contributed by atoms with Crippen LogP contribution in [0.3, 0.4) is 0 Å². The fourth-order valence-electron chi connectivity index (χ4n) is 2.53. The highest BCUT2D eigenvalue weighted by molar-refractivity contribution is 7.89. The van der Waals surface area contributed by atoms with E-state index in [1.54, 1.807) is 0 Å². The van der Waals surface area contributed by atoms with E-state index >= 15 is 0 Å². The van der Waals surface area contributed by atoms with E-state index in [2.05, 4.69) is 4.74 Å². The molecule has 6 nitrogen and oxygen atoms in total. The molecule has 0 spiro atoms. The summed E-state index contributed by atoms with van der Waals surface area (Å²) in [7, 11) is -2.94. The Bertz CT molecular complexity index is 863. The van der Waals surface area contributed by atoms with E-state index < -0.39 is 21.8 Å². The maximum atomic E-state index is 13.5. The van der Waals surface area contributed by atoms with Crippen molar-refractivity contribution in [1.29, 1.82) is 0 Å². The lowest BCUT2D eigenvalue weighted by atomic mass is 10.1. The van der Waals surface area contributed by atoms with Gasteiger partial charge < -0.3 is 10.5 Å². The average molecular weight is 417 g/mol. The number of esters is 1. The first kappa shape index (κ1) is 23.0. The first-order chi connectivity index (χ1) is 12.4. The van der Waals surface area contributed by atoms with Gasteiger partial charge >= 0.3 is 5.97 Å². The second kappa shape index (κ2) is 10.4. The average Bonchev–Trinajstić information content (AvgIpc) is 2.64. The summed E-state index contributed by atoms with van der Waals surface area (Å²) in [6.07, 6.45) is 0.481. The molecule has 0 aromatic heterocycles. The third kappa shape index (κ3) is 5.74. The Balaban J connectivity index is 0.00000364. The van der Waals surface area contributed by atoms with E-state index in [-0.39, 0.29) is 42.5 Å². The first-order valence-corrected chi connectivity index (χ1v) is 9.46. The topological polar surface area (TPSA) is 89.7 Å². The molecule has 148 valence electrons. The van der Waals surface area contributed by atoms with Gasteiger partial charge in [0.15, 0.2) is 0 Å². The summed E-state index contributed by atoms with van der Waals surface area (Å²) in [5, 5.41) is 0. The number of halogens is 2. The lowest BCUT2D eigenvalue weighted by Gasteiger charge is -2.22. The molecule has 0 amide bonds. The molecule has 0 bridgehead atoms. The van der Waals surface area contributed by atoms with Crippen LogP contribution in [0, 0.1) is 5.82 Å². The molecule has 0 unspecified atom stereocenters. The van der Waals surface area contributed by atoms with Crippen molar-refractivity contribution in [1.82, 2.24) is 4.31 Å². The normalized spacial score (nSPS) is 11.1. The number of nitrogens with two attached hydrogens (primary N) is 1. The van der Waals surface area contributed by atoms with Crippen molar-refractivity contribution in [2.45, 2.75) is 11.3 Å². The van der Waals surface area contributed by atoms with Gasteiger partial charge in [-0.15, -0.1) is 12.4 Å². The van der Waals surface area contributed by atoms with Crippen molar-refractivity contribution >= 4 is 28.4 Å². The van der Waals surface area contributed by atoms with E-state index in [0.29, 0.717) is 6.42 Å². The molecule has 0 aliphatic heterocycles. The molecule has 0 saturated heterocycles. The third-order valence-corrected chi connectivity index (χ3v) is 5.79. The van der Waals surface area contributed by atoms with Gasteiger partial charge in [-0.25, -0.2) is 17.6 Å². The lowest BCUT2D eigenvalue weighted by Crippen LogP contribution is -2.37. The van der Waals surface area contributed by atoms with Gasteiger partial charge in [0.25, 0.3) is 0 Å². The highest BCUT2D eigenvalue weighted by Gasteiger charge is 2.29. The highest BCUT2D eigenvalue weighted by atomic mass is 35.5. The molecule has 2 rings (SSSR count). The van der Waals surface area contributed by atoms with E-state index in [4.69, 9.17) is 5.73 Å². The smallest absolute Gasteiger partial charge is 0.339 e. The van der Waals surface area contributed by atoms with E-state index in [9.17, 15) is 17.6 Å². The molecule has 0 radical (unpaired) electrons. The minimum atomic E-state index is -4.05. The molecule has 2 aromatic carbocycles. The zero-order valence-electron chi connectivity index (χ0n) is 14.8. The van der Waals surface area contributed by atoms with Crippen molar-refractivity contribution < 1.29 is 22.3 Å². The third-order valence-electron chi connectivity index (χ3n) is 3.84. The molecule has 2 N–H and O–H groups in total. The molecule has 2 aromatic rings. The predicted octanol–water partition coefficient (Wildman–Crippen LogP) is 2.23. The van der Waals surface area contributed by atoms with Gasteiger partial charge in [0.2, 0.25) is 10.0 Å². The molecule has 0 fully saturated rings. The minimum absolute atomic E-state index is 0. The summed E-state index contributed by atoms with van der Waals surface area (Å²) in [6, 6.07) is 12.3. The van der Waals surface area contributed by atoms with Gasteiger partial charge in [-0.1, -0.05) is 30.3 Å². The monoisotopic (exact) mass is 416 g/mol. The zero-order chi connectivity index (χ0) is 19.2. The van der Waals surface area contributed by atoms with Crippen molar-refractivity contribution in [2.24, 2.45) is 5.73 Å². The van der Waals surface area contributed by atoms with Crippen molar-refractivity contribution in [3.05, 3.63) is 65.5 Å². The predicted molar refractivity (Wildman–Crippen MR) is 103 cm³/mol. The Morgan fingerprint density at radius 1 is 1.15 bits per heavy atom. The van der Waals surface area contributed by atoms with Crippen LogP contribution in [0.5, 0.6) is 0 Å². The Morgan fingerprint density at radius 3 is 2.41 bits per heavy atom. The molecule has 0 aliphatic carbocycles. The van der Waals surface area contributed by atoms with Gasteiger partial charge in [-0.3, -0.25) is 0 Å². The number of benzene rings is 2. The molecule has 0 atom stereocenters. The first-order valence-electron chi connectivity index (χ1n) is 8.02. The second-order valence-electron chi connectivity index (χ2n) is 5.56. The Labute approximate surface area is 164 Å². The molecule has 0 saturated carbocycles. The van der Waals surface area contributed by atoms with Crippen LogP contribution in [-0.4, -0.2) is 45.4 Å². The molecule has 27 heavy (non-hydrogen) atoms. The Hall–Kier alpha value is -2.00. The number of hydrogen-bond donors (Lipinski definition) is 1. The molecule has 0 aliphatic rings. The molecule has 0 heterocycles. The van der Waals surface area contributed by atoms with Crippen molar-refractivity contribution in [2.75, 3.05) is 26.7 Å². The Kier molecular flexibility index (Phi) is 8.84. The number of ether oxygens (including phenoxy) is 1. The number of rotatable bonds is 8. The van der Waals surface area contributed by atoms with Crippen LogP contribution in [0.1, 0.15) is 15.9 Å². The summed E-state index contributed by atoms with van der Waals surface area (Å²) < 4.78 is 45.4. The largest absolute Gasteiger partial charge is 0.465 e. The zero-order valence-corrected chi connectivity index (χ0v) is 16.4. The van der Waals surface area contributed by atoms with E-state index in [1.807, 2.05) is 30.3 Å². The minimum Gasteiger partial charge on any atom is -0.465 e. The van der Waals surface area contributed by atoms with E-state index in [0.717, 1.165) is 30.9 Å². The molecule has 9 heteroatoms. The van der Waals surface area contributed by atoms with Crippen LogP contribution in [0.15, 0.2) is 53.4 Å². The van der Waals surface area contributed by atoms with Crippen molar-refractivity contribution in [3.63, 3.8) is 0 Å². The molecular weight excluding hydrogens is 395 g/mol. The maximum Gasteiger partial charge on any atom is 0.339 e. The van der Waals surface area contributed by atoms with Gasteiger partial charge in [0.1, 0.15) is 5.82 Å². The maximum absolute atomic E-state index is 13.5. The van der Waals surface area contributed by atoms with Crippen LogP contribution in [0.2, 0.25) is 0 Å².